The molecule has 0 aliphatic carbocycles. The maximum absolute atomic E-state index is 6.33. The number of rotatable bonds is 16. The zero-order chi connectivity index (χ0) is 26.0. The summed E-state index contributed by atoms with van der Waals surface area (Å²) in [5.41, 5.74) is 8.94. The molecular weight excluding hydrogens is 430 g/mol. The Kier molecular flexibility index (Phi) is 11.3. The summed E-state index contributed by atoms with van der Waals surface area (Å²) in [5.74, 6) is 1.78. The first-order valence-electron chi connectivity index (χ1n) is 13.6. The molecule has 0 saturated heterocycles. The van der Waals surface area contributed by atoms with Crippen LogP contribution in [0.15, 0.2) is 48.5 Å². The molecule has 0 aromatic heterocycles. The predicted molar refractivity (Wildman–Crippen MR) is 152 cm³/mol. The number of hydrogen-bond donors (Lipinski definition) is 3. The van der Waals surface area contributed by atoms with Gasteiger partial charge < -0.3 is 21.1 Å². The number of nitrogens with two attached hydrogens (primary N) is 1. The van der Waals surface area contributed by atoms with E-state index in [4.69, 9.17) is 10.5 Å². The van der Waals surface area contributed by atoms with Crippen molar-refractivity contribution in [3.8, 4) is 11.5 Å². The fourth-order valence-corrected chi connectivity index (χ4v) is 4.47. The van der Waals surface area contributed by atoms with E-state index in [0.717, 1.165) is 69.5 Å². The Morgan fingerprint density at radius 3 is 2.03 bits per heavy atom. The van der Waals surface area contributed by atoms with Crippen molar-refractivity contribution in [1.29, 1.82) is 0 Å². The fraction of sp³-hybridized carbons (Fsp3) is 0.613. The van der Waals surface area contributed by atoms with Crippen molar-refractivity contribution < 1.29 is 4.74 Å². The average molecular weight is 482 g/mol. The smallest absolute Gasteiger partial charge is 0.127 e. The molecule has 0 saturated carbocycles. The minimum absolute atomic E-state index is 0.0195. The molecule has 4 heteroatoms. The van der Waals surface area contributed by atoms with Gasteiger partial charge in [-0.2, -0.15) is 0 Å². The van der Waals surface area contributed by atoms with Gasteiger partial charge in [-0.25, -0.2) is 0 Å². The molecule has 196 valence electrons. The molecule has 0 bridgehead atoms. The summed E-state index contributed by atoms with van der Waals surface area (Å²) in [6.45, 7) is 17.7. The molecule has 2 rings (SSSR count). The molecule has 0 amide bonds. The lowest BCUT2D eigenvalue weighted by atomic mass is 9.87. The lowest BCUT2D eigenvalue weighted by Gasteiger charge is -2.31. The van der Waals surface area contributed by atoms with Crippen LogP contribution in [-0.2, 0) is 12.8 Å². The molecule has 2 unspecified atom stereocenters. The van der Waals surface area contributed by atoms with E-state index in [2.05, 4.69) is 77.3 Å². The first-order valence-corrected chi connectivity index (χ1v) is 13.6. The van der Waals surface area contributed by atoms with Crippen LogP contribution >= 0.6 is 0 Å². The van der Waals surface area contributed by atoms with Gasteiger partial charge in [-0.15, -0.1) is 0 Å². The second kappa shape index (κ2) is 13.4. The van der Waals surface area contributed by atoms with Crippen molar-refractivity contribution in [3.05, 3.63) is 59.7 Å². The van der Waals surface area contributed by atoms with Crippen LogP contribution < -0.4 is 21.1 Å². The normalized spacial score (nSPS) is 15.4. The Labute approximate surface area is 215 Å². The maximum Gasteiger partial charge on any atom is 0.127 e. The van der Waals surface area contributed by atoms with Crippen molar-refractivity contribution in [2.45, 2.75) is 110 Å². The molecule has 0 fully saturated rings. The number of hydrogen-bond acceptors (Lipinski definition) is 4. The van der Waals surface area contributed by atoms with Gasteiger partial charge in [0.15, 0.2) is 0 Å². The third-order valence-corrected chi connectivity index (χ3v) is 7.16. The zero-order valence-electron chi connectivity index (χ0n) is 23.5. The molecule has 2 aromatic carbocycles. The summed E-state index contributed by atoms with van der Waals surface area (Å²) in [5, 5.41) is 7.54. The van der Waals surface area contributed by atoms with Gasteiger partial charge in [-0.1, -0.05) is 45.0 Å². The molecular formula is C31H51N3O. The lowest BCUT2D eigenvalue weighted by Crippen LogP contribution is -2.44. The van der Waals surface area contributed by atoms with Crippen molar-refractivity contribution in [3.63, 3.8) is 0 Å². The second-order valence-electron chi connectivity index (χ2n) is 11.5. The van der Waals surface area contributed by atoms with Crippen LogP contribution in [0.5, 0.6) is 11.5 Å². The molecule has 35 heavy (non-hydrogen) atoms. The largest absolute Gasteiger partial charge is 0.457 e. The van der Waals surface area contributed by atoms with E-state index in [1.165, 1.54) is 11.1 Å². The number of benzene rings is 2. The Morgan fingerprint density at radius 1 is 0.771 bits per heavy atom. The summed E-state index contributed by atoms with van der Waals surface area (Å²) in [6.07, 6.45) is 7.27. The van der Waals surface area contributed by atoms with Crippen LogP contribution in [0.4, 0.5) is 0 Å². The van der Waals surface area contributed by atoms with Crippen molar-refractivity contribution in [2.75, 3.05) is 13.1 Å². The highest BCUT2D eigenvalue weighted by Crippen LogP contribution is 2.28. The van der Waals surface area contributed by atoms with Gasteiger partial charge in [0, 0.05) is 16.6 Å². The van der Waals surface area contributed by atoms with Crippen molar-refractivity contribution in [2.24, 2.45) is 5.73 Å². The Hall–Kier alpha value is -1.88. The summed E-state index contributed by atoms with van der Waals surface area (Å²) in [4.78, 5) is 0. The van der Waals surface area contributed by atoms with E-state index >= 15 is 0 Å². The van der Waals surface area contributed by atoms with Gasteiger partial charge in [-0.3, -0.25) is 0 Å². The third kappa shape index (κ3) is 10.7. The molecule has 0 aliphatic heterocycles. The van der Waals surface area contributed by atoms with Crippen LogP contribution in [0, 0.1) is 0 Å². The maximum atomic E-state index is 6.33. The Bertz CT molecular complexity index is 878. The van der Waals surface area contributed by atoms with Gasteiger partial charge in [0.2, 0.25) is 0 Å². The third-order valence-electron chi connectivity index (χ3n) is 7.16. The van der Waals surface area contributed by atoms with E-state index in [-0.39, 0.29) is 16.6 Å². The molecule has 0 aliphatic rings. The van der Waals surface area contributed by atoms with Gasteiger partial charge in [0.25, 0.3) is 0 Å². The average Bonchev–Trinajstić information content (AvgIpc) is 2.81. The van der Waals surface area contributed by atoms with Crippen molar-refractivity contribution >= 4 is 0 Å². The first kappa shape index (κ1) is 29.4. The Balaban J connectivity index is 2.19. The van der Waals surface area contributed by atoms with Crippen LogP contribution in [0.25, 0.3) is 0 Å². The number of ether oxygens (including phenoxy) is 1. The quantitative estimate of drug-likeness (QED) is 0.226. The minimum Gasteiger partial charge on any atom is -0.457 e. The van der Waals surface area contributed by atoms with Crippen LogP contribution in [0.1, 0.15) is 91.7 Å². The number of nitrogens with one attached hydrogen (secondary N) is 2. The predicted octanol–water partition coefficient (Wildman–Crippen LogP) is 7.01. The molecule has 0 heterocycles. The molecule has 2 atom stereocenters. The zero-order valence-corrected chi connectivity index (χ0v) is 23.5. The highest BCUT2D eigenvalue weighted by molar-refractivity contribution is 5.39. The SMILES string of the molecule is CCCNC(C)(CC)Cc1cc(CC(C)(C)NCCCC(C)(N)CC)cc(Oc2ccccc2)c1. The standard InChI is InChI=1S/C31H51N3O/c1-8-18-34-31(7,10-3)24-26-20-25(21-28(22-26)35-27-15-12-11-13-16-27)23-29(4,5)33-19-14-17-30(6,32)9-2/h11-13,15-16,20-22,33-34H,8-10,14,17-19,23-24,32H2,1-7H3. The molecule has 0 radical (unpaired) electrons. The van der Waals surface area contributed by atoms with E-state index in [9.17, 15) is 0 Å². The van der Waals surface area contributed by atoms with E-state index in [1.54, 1.807) is 0 Å². The van der Waals surface area contributed by atoms with Crippen molar-refractivity contribution in [1.82, 2.24) is 10.6 Å². The monoisotopic (exact) mass is 481 g/mol. The minimum atomic E-state index is -0.0679. The van der Waals surface area contributed by atoms with E-state index < -0.39 is 0 Å². The summed E-state index contributed by atoms with van der Waals surface area (Å²) >= 11 is 0. The van der Waals surface area contributed by atoms with E-state index in [0.29, 0.717) is 0 Å². The van der Waals surface area contributed by atoms with Gasteiger partial charge >= 0.3 is 0 Å². The first-order chi connectivity index (χ1) is 16.5. The fourth-order valence-electron chi connectivity index (χ4n) is 4.47. The molecule has 4 nitrogen and oxygen atoms in total. The van der Waals surface area contributed by atoms with E-state index in [1.807, 2.05) is 30.3 Å². The van der Waals surface area contributed by atoms with Gasteiger partial charge in [-0.05, 0) is 121 Å². The summed E-state index contributed by atoms with van der Waals surface area (Å²) in [7, 11) is 0. The molecule has 4 N–H and O–H groups in total. The topological polar surface area (TPSA) is 59.3 Å². The summed E-state index contributed by atoms with van der Waals surface area (Å²) in [6, 6.07) is 16.9. The molecule has 0 spiro atoms. The highest BCUT2D eigenvalue weighted by atomic mass is 16.5. The Morgan fingerprint density at radius 2 is 1.43 bits per heavy atom. The van der Waals surface area contributed by atoms with Crippen LogP contribution in [-0.4, -0.2) is 29.7 Å². The summed E-state index contributed by atoms with van der Waals surface area (Å²) < 4.78 is 6.30. The van der Waals surface area contributed by atoms with Crippen LogP contribution in [0.2, 0.25) is 0 Å². The second-order valence-corrected chi connectivity index (χ2v) is 11.5. The molecule has 2 aromatic rings. The van der Waals surface area contributed by atoms with Crippen LogP contribution in [0.3, 0.4) is 0 Å². The van der Waals surface area contributed by atoms with Gasteiger partial charge in [0.1, 0.15) is 11.5 Å². The van der Waals surface area contributed by atoms with Gasteiger partial charge in [0.05, 0.1) is 0 Å². The highest BCUT2D eigenvalue weighted by Gasteiger charge is 2.24. The number of para-hydroxylation sites is 1. The lowest BCUT2D eigenvalue weighted by molar-refractivity contribution is 0.340.